The van der Waals surface area contributed by atoms with Gasteiger partial charge >= 0.3 is 11.9 Å². The lowest BCUT2D eigenvalue weighted by atomic mass is 9.97. The molecule has 0 unspecified atom stereocenters. The van der Waals surface area contributed by atoms with E-state index < -0.39 is 18.5 Å². The molecule has 0 atom stereocenters. The smallest absolute Gasteiger partial charge is 0.408 e. The summed E-state index contributed by atoms with van der Waals surface area (Å²) in [4.78, 5) is 25.4. The number of fused-ring (bicyclic) bond motifs is 1. The van der Waals surface area contributed by atoms with Gasteiger partial charge < -0.3 is 9.73 Å². The van der Waals surface area contributed by atoms with Crippen molar-refractivity contribution in [2.75, 3.05) is 26.2 Å². The largest absolute Gasteiger partial charge is 0.420 e. The van der Waals surface area contributed by atoms with Gasteiger partial charge in [-0.05, 0) is 44.0 Å². The van der Waals surface area contributed by atoms with Crippen LogP contribution < -0.4 is 11.1 Å². The first-order chi connectivity index (χ1) is 12.3. The van der Waals surface area contributed by atoms with E-state index in [9.17, 15) is 22.8 Å². The first-order valence-electron chi connectivity index (χ1n) is 8.46. The van der Waals surface area contributed by atoms with Gasteiger partial charge in [0.05, 0.1) is 12.1 Å². The third-order valence-electron chi connectivity index (χ3n) is 4.57. The predicted octanol–water partition coefficient (Wildman–Crippen LogP) is 1.99. The molecular formula is C17H20F3N3O3. The van der Waals surface area contributed by atoms with Gasteiger partial charge in [0, 0.05) is 6.54 Å². The lowest BCUT2D eigenvalue weighted by molar-refractivity contribution is -0.148. The van der Waals surface area contributed by atoms with Crippen molar-refractivity contribution >= 4 is 17.0 Å². The van der Waals surface area contributed by atoms with Gasteiger partial charge in [0.25, 0.3) is 0 Å². The van der Waals surface area contributed by atoms with Crippen molar-refractivity contribution in [1.29, 1.82) is 0 Å². The number of aromatic nitrogens is 1. The molecule has 9 heteroatoms. The topological polar surface area (TPSA) is 67.5 Å². The number of nitrogens with one attached hydrogen (secondary N) is 1. The minimum Gasteiger partial charge on any atom is -0.408 e. The van der Waals surface area contributed by atoms with Gasteiger partial charge in [0.15, 0.2) is 5.58 Å². The lowest BCUT2D eigenvalue weighted by Gasteiger charge is -2.32. The number of oxazole rings is 1. The number of rotatable bonds is 5. The van der Waals surface area contributed by atoms with E-state index >= 15 is 0 Å². The maximum absolute atomic E-state index is 12.4. The van der Waals surface area contributed by atoms with E-state index in [-0.39, 0.29) is 18.4 Å². The molecule has 6 nitrogen and oxygen atoms in total. The van der Waals surface area contributed by atoms with Crippen LogP contribution in [-0.2, 0) is 11.3 Å². The third kappa shape index (κ3) is 4.66. The van der Waals surface area contributed by atoms with E-state index in [1.807, 2.05) is 0 Å². The Morgan fingerprint density at radius 2 is 1.92 bits per heavy atom. The van der Waals surface area contributed by atoms with Crippen LogP contribution >= 0.6 is 0 Å². The molecule has 2 heterocycles. The number of hydrogen-bond donors (Lipinski definition) is 1. The summed E-state index contributed by atoms with van der Waals surface area (Å²) in [6.45, 7) is 0.0896. The Hall–Kier alpha value is -2.29. The van der Waals surface area contributed by atoms with Gasteiger partial charge in [-0.3, -0.25) is 14.3 Å². The van der Waals surface area contributed by atoms with E-state index in [1.54, 1.807) is 24.3 Å². The Bertz CT molecular complexity index is 820. The molecule has 1 amide bonds. The van der Waals surface area contributed by atoms with Crippen LogP contribution in [0.4, 0.5) is 13.2 Å². The second-order valence-corrected chi connectivity index (χ2v) is 6.56. The summed E-state index contributed by atoms with van der Waals surface area (Å²) >= 11 is 0. The molecule has 0 radical (unpaired) electrons. The monoisotopic (exact) mass is 371 g/mol. The number of carbonyl (C=O) groups excluding carboxylic acids is 1. The summed E-state index contributed by atoms with van der Waals surface area (Å²) in [5.74, 6) is -0.778. The summed E-state index contributed by atoms with van der Waals surface area (Å²) in [7, 11) is 0. The average molecular weight is 371 g/mol. The Morgan fingerprint density at radius 3 is 2.62 bits per heavy atom. The molecule has 1 aromatic carbocycles. The zero-order valence-corrected chi connectivity index (χ0v) is 14.1. The first kappa shape index (κ1) is 18.5. The Balaban J connectivity index is 1.48. The number of para-hydroxylation sites is 2. The predicted molar refractivity (Wildman–Crippen MR) is 88.7 cm³/mol. The fourth-order valence-corrected chi connectivity index (χ4v) is 3.22. The fraction of sp³-hybridized carbons (Fsp3) is 0.529. The Morgan fingerprint density at radius 1 is 1.23 bits per heavy atom. The highest BCUT2D eigenvalue weighted by atomic mass is 19.4. The molecule has 3 rings (SSSR count). The maximum atomic E-state index is 12.4. The summed E-state index contributed by atoms with van der Waals surface area (Å²) < 4.78 is 43.5. The van der Waals surface area contributed by atoms with E-state index in [1.165, 1.54) is 9.47 Å². The van der Waals surface area contributed by atoms with Crippen LogP contribution in [0.2, 0.25) is 0 Å². The number of benzene rings is 1. The van der Waals surface area contributed by atoms with Crippen molar-refractivity contribution < 1.29 is 22.4 Å². The van der Waals surface area contributed by atoms with Crippen LogP contribution in [0.3, 0.4) is 0 Å². The third-order valence-corrected chi connectivity index (χ3v) is 4.57. The van der Waals surface area contributed by atoms with E-state index in [2.05, 4.69) is 5.32 Å². The molecule has 1 aliphatic heterocycles. The van der Waals surface area contributed by atoms with Crippen molar-refractivity contribution in [2.24, 2.45) is 5.92 Å². The number of halogens is 3. The molecule has 0 saturated carbocycles. The van der Waals surface area contributed by atoms with Gasteiger partial charge in [0.2, 0.25) is 5.91 Å². The standard InChI is InChI=1S/C17H20F3N3O3/c18-17(19,20)11-22-7-5-12(6-8-22)9-21-15(24)10-23-13-3-1-2-4-14(13)26-16(23)25/h1-4,12H,5-11H2,(H,21,24). The first-order valence-corrected chi connectivity index (χ1v) is 8.46. The molecule has 26 heavy (non-hydrogen) atoms. The van der Waals surface area contributed by atoms with Gasteiger partial charge in [-0.2, -0.15) is 13.2 Å². The van der Waals surface area contributed by atoms with Crippen molar-refractivity contribution in [1.82, 2.24) is 14.8 Å². The molecule has 2 aromatic rings. The van der Waals surface area contributed by atoms with Crippen LogP contribution in [0.25, 0.3) is 11.1 Å². The van der Waals surface area contributed by atoms with Crippen molar-refractivity contribution in [3.8, 4) is 0 Å². The molecule has 1 fully saturated rings. The quantitative estimate of drug-likeness (QED) is 0.873. The van der Waals surface area contributed by atoms with Gasteiger partial charge in [0.1, 0.15) is 6.54 Å². The van der Waals surface area contributed by atoms with Gasteiger partial charge in [-0.15, -0.1) is 0 Å². The number of likely N-dealkylation sites (tertiary alicyclic amines) is 1. The van der Waals surface area contributed by atoms with Gasteiger partial charge in [-0.1, -0.05) is 12.1 Å². The molecule has 0 spiro atoms. The number of hydrogen-bond acceptors (Lipinski definition) is 4. The second-order valence-electron chi connectivity index (χ2n) is 6.56. The average Bonchev–Trinajstić information content (AvgIpc) is 2.89. The number of alkyl halides is 3. The van der Waals surface area contributed by atoms with E-state index in [0.29, 0.717) is 43.6 Å². The van der Waals surface area contributed by atoms with Crippen molar-refractivity contribution in [3.63, 3.8) is 0 Å². The summed E-state index contributed by atoms with van der Waals surface area (Å²) in [6.07, 6.45) is -2.97. The summed E-state index contributed by atoms with van der Waals surface area (Å²) in [5.41, 5.74) is 0.968. The van der Waals surface area contributed by atoms with E-state index in [4.69, 9.17) is 4.42 Å². The normalized spacial score (nSPS) is 16.9. The number of carbonyl (C=O) groups is 1. The second kappa shape index (κ2) is 7.53. The SMILES string of the molecule is O=C(Cn1c(=O)oc2ccccc21)NCC1CCN(CC(F)(F)F)CC1. The minimum absolute atomic E-state index is 0.140. The molecule has 1 aromatic heterocycles. The zero-order valence-electron chi connectivity index (χ0n) is 14.1. The highest BCUT2D eigenvalue weighted by Gasteiger charge is 2.32. The van der Waals surface area contributed by atoms with Crippen LogP contribution in [0, 0.1) is 5.92 Å². The van der Waals surface area contributed by atoms with Crippen LogP contribution in [-0.4, -0.2) is 47.7 Å². The summed E-state index contributed by atoms with van der Waals surface area (Å²) in [5, 5.41) is 2.76. The number of piperidine rings is 1. The highest BCUT2D eigenvalue weighted by molar-refractivity contribution is 5.79. The molecule has 1 saturated heterocycles. The Labute approximate surface area is 147 Å². The Kier molecular flexibility index (Phi) is 5.36. The van der Waals surface area contributed by atoms with Gasteiger partial charge in [-0.25, -0.2) is 4.79 Å². The number of nitrogens with zero attached hydrogens (tertiary/aromatic N) is 2. The van der Waals surface area contributed by atoms with Crippen molar-refractivity contribution in [2.45, 2.75) is 25.6 Å². The highest BCUT2D eigenvalue weighted by Crippen LogP contribution is 2.22. The fourth-order valence-electron chi connectivity index (χ4n) is 3.22. The van der Waals surface area contributed by atoms with Crippen LogP contribution in [0.5, 0.6) is 0 Å². The van der Waals surface area contributed by atoms with E-state index in [0.717, 1.165) is 0 Å². The zero-order chi connectivity index (χ0) is 18.7. The molecule has 0 aliphatic carbocycles. The molecule has 1 aliphatic rings. The van der Waals surface area contributed by atoms with Crippen LogP contribution in [0.15, 0.2) is 33.5 Å². The minimum atomic E-state index is -4.18. The number of amides is 1. The molecule has 142 valence electrons. The van der Waals surface area contributed by atoms with Crippen molar-refractivity contribution in [3.05, 3.63) is 34.8 Å². The molecule has 1 N–H and O–H groups in total. The maximum Gasteiger partial charge on any atom is 0.420 e. The molecule has 0 bridgehead atoms. The molecular weight excluding hydrogens is 351 g/mol. The van der Waals surface area contributed by atoms with Crippen LogP contribution in [0.1, 0.15) is 12.8 Å². The lowest BCUT2D eigenvalue weighted by Crippen LogP contribution is -2.43. The summed E-state index contributed by atoms with van der Waals surface area (Å²) in [6, 6.07) is 6.84.